The summed E-state index contributed by atoms with van der Waals surface area (Å²) in [7, 11) is 0. The lowest BCUT2D eigenvalue weighted by atomic mass is 9.96. The van der Waals surface area contributed by atoms with Gasteiger partial charge in [0.15, 0.2) is 0 Å². The average molecular weight is 509 g/mol. The SMILES string of the molecule is CCC(C)C(NC(=O)C(N)Cc1ccccc1)C(=O)NC(C(=O)NC(CCC(=O)O)C(=O)O)C(C)O. The van der Waals surface area contributed by atoms with E-state index >= 15 is 0 Å². The van der Waals surface area contributed by atoms with Gasteiger partial charge >= 0.3 is 11.9 Å². The van der Waals surface area contributed by atoms with Crippen LogP contribution >= 0.6 is 0 Å². The number of amides is 3. The number of hydrogen-bond acceptors (Lipinski definition) is 7. The highest BCUT2D eigenvalue weighted by molar-refractivity contribution is 5.94. The van der Waals surface area contributed by atoms with Crippen LogP contribution in [0.25, 0.3) is 0 Å². The molecule has 0 bridgehead atoms. The molecular weight excluding hydrogens is 472 g/mol. The molecule has 0 saturated heterocycles. The Morgan fingerprint density at radius 2 is 1.44 bits per heavy atom. The van der Waals surface area contributed by atoms with E-state index in [1.165, 1.54) is 6.92 Å². The van der Waals surface area contributed by atoms with E-state index in [1.54, 1.807) is 13.8 Å². The van der Waals surface area contributed by atoms with Crippen molar-refractivity contribution in [3.63, 3.8) is 0 Å². The molecule has 8 N–H and O–H groups in total. The second kappa shape index (κ2) is 14.8. The lowest BCUT2D eigenvalue weighted by Gasteiger charge is -2.29. The predicted octanol–water partition coefficient (Wildman–Crippen LogP) is -0.613. The maximum atomic E-state index is 13.1. The Labute approximate surface area is 209 Å². The third kappa shape index (κ3) is 10.0. The lowest BCUT2D eigenvalue weighted by molar-refractivity contribution is -0.144. The fourth-order valence-electron chi connectivity index (χ4n) is 3.36. The number of carbonyl (C=O) groups excluding carboxylic acids is 3. The summed E-state index contributed by atoms with van der Waals surface area (Å²) in [4.78, 5) is 60.6. The number of rotatable bonds is 15. The van der Waals surface area contributed by atoms with Crippen molar-refractivity contribution in [2.75, 3.05) is 0 Å². The first-order valence-corrected chi connectivity index (χ1v) is 11.7. The van der Waals surface area contributed by atoms with Crippen molar-refractivity contribution >= 4 is 29.7 Å². The number of hydrogen-bond donors (Lipinski definition) is 7. The summed E-state index contributed by atoms with van der Waals surface area (Å²) < 4.78 is 0. The Kier molecular flexibility index (Phi) is 12.5. The third-order valence-corrected chi connectivity index (χ3v) is 5.75. The van der Waals surface area contributed by atoms with Crippen molar-refractivity contribution in [1.82, 2.24) is 16.0 Å². The van der Waals surface area contributed by atoms with Crippen LogP contribution in [0.4, 0.5) is 0 Å². The first kappa shape index (κ1) is 30.5. The Bertz CT molecular complexity index is 909. The van der Waals surface area contributed by atoms with Gasteiger partial charge in [-0.1, -0.05) is 50.6 Å². The summed E-state index contributed by atoms with van der Waals surface area (Å²) in [5.41, 5.74) is 6.86. The minimum Gasteiger partial charge on any atom is -0.481 e. The van der Waals surface area contributed by atoms with Gasteiger partial charge in [0.05, 0.1) is 12.1 Å². The van der Waals surface area contributed by atoms with E-state index in [2.05, 4.69) is 16.0 Å². The maximum Gasteiger partial charge on any atom is 0.326 e. The minimum atomic E-state index is -1.55. The van der Waals surface area contributed by atoms with Gasteiger partial charge < -0.3 is 37.0 Å². The van der Waals surface area contributed by atoms with E-state index in [0.29, 0.717) is 6.42 Å². The van der Waals surface area contributed by atoms with Crippen LogP contribution in [0, 0.1) is 5.92 Å². The number of nitrogens with two attached hydrogens (primary N) is 1. The van der Waals surface area contributed by atoms with Gasteiger partial charge in [-0.3, -0.25) is 19.2 Å². The summed E-state index contributed by atoms with van der Waals surface area (Å²) in [6.07, 6.45) is -1.58. The second-order valence-corrected chi connectivity index (χ2v) is 8.73. The minimum absolute atomic E-state index is 0.243. The van der Waals surface area contributed by atoms with Crippen LogP contribution in [0.5, 0.6) is 0 Å². The second-order valence-electron chi connectivity index (χ2n) is 8.73. The van der Waals surface area contributed by atoms with Crippen molar-refractivity contribution in [2.24, 2.45) is 11.7 Å². The summed E-state index contributed by atoms with van der Waals surface area (Å²) >= 11 is 0. The zero-order valence-electron chi connectivity index (χ0n) is 20.6. The molecule has 200 valence electrons. The molecule has 0 aromatic heterocycles. The Morgan fingerprint density at radius 1 is 0.889 bits per heavy atom. The molecule has 1 aromatic rings. The van der Waals surface area contributed by atoms with E-state index in [-0.39, 0.29) is 18.8 Å². The molecule has 0 aliphatic heterocycles. The number of benzene rings is 1. The normalized spacial score (nSPS) is 15.9. The zero-order chi connectivity index (χ0) is 27.4. The largest absolute Gasteiger partial charge is 0.481 e. The van der Waals surface area contributed by atoms with Crippen molar-refractivity contribution in [2.45, 2.75) is 76.7 Å². The molecule has 1 rings (SSSR count). The van der Waals surface area contributed by atoms with Crippen LogP contribution in [-0.2, 0) is 30.4 Å². The van der Waals surface area contributed by atoms with Gasteiger partial charge in [0.2, 0.25) is 17.7 Å². The molecule has 0 fully saturated rings. The van der Waals surface area contributed by atoms with E-state index < -0.39 is 66.4 Å². The average Bonchev–Trinajstić information content (AvgIpc) is 2.82. The molecule has 1 aromatic carbocycles. The standard InChI is InChI=1S/C24H36N4O8/c1-4-13(2)19(27-21(32)16(25)12-15-8-6-5-7-9-15)22(33)28-20(14(3)29)23(34)26-17(24(35)36)10-11-18(30)31/h5-9,13-14,16-17,19-20,29H,4,10-12,25H2,1-3H3,(H,26,34)(H,27,32)(H,28,33)(H,30,31)(H,35,36). The molecule has 36 heavy (non-hydrogen) atoms. The number of aliphatic carboxylic acids is 2. The van der Waals surface area contributed by atoms with Gasteiger partial charge in [-0.25, -0.2) is 4.79 Å². The van der Waals surface area contributed by atoms with E-state index in [9.17, 15) is 34.2 Å². The number of aliphatic hydroxyl groups excluding tert-OH is 1. The molecule has 0 aliphatic rings. The molecule has 0 radical (unpaired) electrons. The number of carboxylic acids is 2. The van der Waals surface area contributed by atoms with Crippen LogP contribution in [0.15, 0.2) is 30.3 Å². The molecule has 0 heterocycles. The van der Waals surface area contributed by atoms with Crippen LogP contribution < -0.4 is 21.7 Å². The number of aliphatic hydroxyl groups is 1. The predicted molar refractivity (Wildman–Crippen MR) is 130 cm³/mol. The van der Waals surface area contributed by atoms with Crippen LogP contribution in [0.3, 0.4) is 0 Å². The Hall–Kier alpha value is -3.51. The Morgan fingerprint density at radius 3 is 1.94 bits per heavy atom. The van der Waals surface area contributed by atoms with Crippen LogP contribution in [0.2, 0.25) is 0 Å². The summed E-state index contributed by atoms with van der Waals surface area (Å²) in [6, 6.07) is 3.99. The molecule has 0 spiro atoms. The van der Waals surface area contributed by atoms with Gasteiger partial charge in [-0.2, -0.15) is 0 Å². The summed E-state index contributed by atoms with van der Waals surface area (Å²) in [5, 5.41) is 35.3. The van der Waals surface area contributed by atoms with Crippen molar-refractivity contribution in [1.29, 1.82) is 0 Å². The van der Waals surface area contributed by atoms with Gasteiger partial charge in [-0.05, 0) is 31.2 Å². The summed E-state index contributed by atoms with van der Waals surface area (Å²) in [5.74, 6) is -5.41. The highest BCUT2D eigenvalue weighted by Crippen LogP contribution is 2.11. The van der Waals surface area contributed by atoms with Crippen molar-refractivity contribution in [3.8, 4) is 0 Å². The molecular formula is C24H36N4O8. The monoisotopic (exact) mass is 508 g/mol. The Balaban J connectivity index is 2.94. The van der Waals surface area contributed by atoms with Crippen LogP contribution in [-0.4, -0.2) is 75.3 Å². The third-order valence-electron chi connectivity index (χ3n) is 5.75. The number of carbonyl (C=O) groups is 5. The highest BCUT2D eigenvalue weighted by Gasteiger charge is 2.34. The molecule has 6 unspecified atom stereocenters. The topological polar surface area (TPSA) is 208 Å². The summed E-state index contributed by atoms with van der Waals surface area (Å²) in [6.45, 7) is 4.75. The molecule has 0 saturated carbocycles. The van der Waals surface area contributed by atoms with Gasteiger partial charge in [0.25, 0.3) is 0 Å². The fraction of sp³-hybridized carbons (Fsp3) is 0.542. The van der Waals surface area contributed by atoms with Crippen LogP contribution in [0.1, 0.15) is 45.6 Å². The molecule has 6 atom stereocenters. The quantitative estimate of drug-likeness (QED) is 0.161. The van der Waals surface area contributed by atoms with Gasteiger partial charge in [-0.15, -0.1) is 0 Å². The van der Waals surface area contributed by atoms with E-state index in [1.807, 2.05) is 30.3 Å². The number of carboxylic acid groups (broad SMARTS) is 2. The van der Waals surface area contributed by atoms with E-state index in [4.69, 9.17) is 10.8 Å². The number of nitrogens with one attached hydrogen (secondary N) is 3. The first-order chi connectivity index (χ1) is 16.9. The zero-order valence-corrected chi connectivity index (χ0v) is 20.6. The van der Waals surface area contributed by atoms with Gasteiger partial charge in [0.1, 0.15) is 18.1 Å². The molecule has 0 aliphatic carbocycles. The first-order valence-electron chi connectivity index (χ1n) is 11.7. The fourth-order valence-corrected chi connectivity index (χ4v) is 3.36. The smallest absolute Gasteiger partial charge is 0.326 e. The van der Waals surface area contributed by atoms with Crippen molar-refractivity contribution < 1.29 is 39.3 Å². The van der Waals surface area contributed by atoms with Crippen molar-refractivity contribution in [3.05, 3.63) is 35.9 Å². The van der Waals surface area contributed by atoms with E-state index in [0.717, 1.165) is 5.56 Å². The van der Waals surface area contributed by atoms with Gasteiger partial charge in [0, 0.05) is 6.42 Å². The highest BCUT2D eigenvalue weighted by atomic mass is 16.4. The molecule has 3 amide bonds. The molecule has 12 heteroatoms. The maximum absolute atomic E-state index is 13.1. The molecule has 12 nitrogen and oxygen atoms in total. The lowest BCUT2D eigenvalue weighted by Crippen LogP contribution is -2.61.